The first kappa shape index (κ1) is 7.54. The Hall–Kier alpha value is -0.570. The van der Waals surface area contributed by atoms with Gasteiger partial charge in [0, 0.05) is 0 Å². The molecule has 2 atom stereocenters. The topological polar surface area (TPSA) is 63.3 Å². The van der Waals surface area contributed by atoms with E-state index in [2.05, 4.69) is 0 Å². The van der Waals surface area contributed by atoms with Gasteiger partial charge in [0.1, 0.15) is 5.54 Å². The summed E-state index contributed by atoms with van der Waals surface area (Å²) in [6.45, 7) is 4.00. The lowest BCUT2D eigenvalue weighted by Gasteiger charge is -2.06. The molecule has 3 N–H and O–H groups in total. The van der Waals surface area contributed by atoms with Gasteiger partial charge in [-0.2, -0.15) is 0 Å². The molecular weight excluding hydrogens is 130 g/mol. The van der Waals surface area contributed by atoms with E-state index in [-0.39, 0.29) is 5.92 Å². The minimum atomic E-state index is -0.895. The van der Waals surface area contributed by atoms with Crippen molar-refractivity contribution in [2.45, 2.75) is 25.8 Å². The summed E-state index contributed by atoms with van der Waals surface area (Å²) in [5.74, 6) is -0.280. The Morgan fingerprint density at radius 1 is 1.80 bits per heavy atom. The Morgan fingerprint density at radius 2 is 2.30 bits per heavy atom. The molecule has 3 heteroatoms. The Bertz CT molecular complexity index is 167. The zero-order valence-electron chi connectivity index (χ0n) is 6.29. The van der Waals surface area contributed by atoms with E-state index in [1.165, 1.54) is 0 Å². The highest BCUT2D eigenvalue weighted by Gasteiger charge is 2.58. The first-order valence-electron chi connectivity index (χ1n) is 3.50. The number of carboxylic acid groups (broad SMARTS) is 1. The molecule has 0 aromatic heterocycles. The van der Waals surface area contributed by atoms with E-state index in [4.69, 9.17) is 10.8 Å². The summed E-state index contributed by atoms with van der Waals surface area (Å²) in [5.41, 5.74) is 4.64. The number of hydrogen-bond acceptors (Lipinski definition) is 2. The predicted molar refractivity (Wildman–Crippen MR) is 37.5 cm³/mol. The van der Waals surface area contributed by atoms with Crippen LogP contribution in [0, 0.1) is 11.8 Å². The van der Waals surface area contributed by atoms with Gasteiger partial charge in [0.05, 0.1) is 0 Å². The molecular formula is C7H13NO2. The van der Waals surface area contributed by atoms with Crippen molar-refractivity contribution in [3.05, 3.63) is 0 Å². The minimum absolute atomic E-state index is 0.185. The van der Waals surface area contributed by atoms with Crippen LogP contribution in [-0.2, 0) is 4.79 Å². The highest BCUT2D eigenvalue weighted by Crippen LogP contribution is 2.46. The Labute approximate surface area is 60.2 Å². The molecule has 0 aliphatic heterocycles. The summed E-state index contributed by atoms with van der Waals surface area (Å²) in [4.78, 5) is 10.5. The van der Waals surface area contributed by atoms with Gasteiger partial charge in [-0.15, -0.1) is 0 Å². The van der Waals surface area contributed by atoms with Crippen molar-refractivity contribution in [2.75, 3.05) is 0 Å². The molecule has 10 heavy (non-hydrogen) atoms. The summed E-state index contributed by atoms with van der Waals surface area (Å²) in [7, 11) is 0. The second kappa shape index (κ2) is 1.95. The molecule has 0 saturated heterocycles. The molecule has 1 rings (SSSR count). The van der Waals surface area contributed by atoms with E-state index in [1.807, 2.05) is 13.8 Å². The van der Waals surface area contributed by atoms with Crippen LogP contribution in [-0.4, -0.2) is 16.6 Å². The molecule has 1 aliphatic carbocycles. The number of hydrogen-bond donors (Lipinski definition) is 2. The number of aliphatic carboxylic acids is 1. The molecule has 1 aliphatic rings. The molecule has 1 fully saturated rings. The molecule has 0 bridgehead atoms. The van der Waals surface area contributed by atoms with E-state index in [1.54, 1.807) is 0 Å². The first-order chi connectivity index (χ1) is 4.48. The third kappa shape index (κ3) is 0.904. The van der Waals surface area contributed by atoms with Gasteiger partial charge in [-0.05, 0) is 18.3 Å². The summed E-state index contributed by atoms with van der Waals surface area (Å²) in [6.07, 6.45) is 0.639. The fourth-order valence-electron chi connectivity index (χ4n) is 1.38. The van der Waals surface area contributed by atoms with Gasteiger partial charge >= 0.3 is 5.97 Å². The van der Waals surface area contributed by atoms with Crippen molar-refractivity contribution in [2.24, 2.45) is 17.6 Å². The standard InChI is InChI=1S/C7H13NO2/c1-4(2)5-3-7(5,8)6(9)10/h4-5H,3,8H2,1-2H3,(H,9,10)/t5-,7-/m1/s1. The second-order valence-corrected chi connectivity index (χ2v) is 3.40. The lowest BCUT2D eigenvalue weighted by atomic mass is 10.1. The maximum absolute atomic E-state index is 10.5. The van der Waals surface area contributed by atoms with Gasteiger partial charge in [0.2, 0.25) is 0 Å². The van der Waals surface area contributed by atoms with Gasteiger partial charge in [-0.25, -0.2) is 0 Å². The van der Waals surface area contributed by atoms with Crippen molar-refractivity contribution in [1.29, 1.82) is 0 Å². The third-order valence-electron chi connectivity index (χ3n) is 2.26. The molecule has 0 heterocycles. The maximum atomic E-state index is 10.5. The maximum Gasteiger partial charge on any atom is 0.323 e. The van der Waals surface area contributed by atoms with E-state index in [0.29, 0.717) is 12.3 Å². The summed E-state index contributed by atoms with van der Waals surface area (Å²) in [6, 6.07) is 0. The van der Waals surface area contributed by atoms with Crippen LogP contribution in [0.3, 0.4) is 0 Å². The van der Waals surface area contributed by atoms with Crippen molar-refractivity contribution >= 4 is 5.97 Å². The van der Waals surface area contributed by atoms with Crippen LogP contribution in [0.5, 0.6) is 0 Å². The molecule has 0 radical (unpaired) electrons. The number of rotatable bonds is 2. The summed E-state index contributed by atoms with van der Waals surface area (Å²) >= 11 is 0. The van der Waals surface area contributed by atoms with Gasteiger partial charge in [-0.3, -0.25) is 4.79 Å². The SMILES string of the molecule is CC(C)[C@H]1C[C@]1(N)C(=O)O. The van der Waals surface area contributed by atoms with Crippen LogP contribution in [0.2, 0.25) is 0 Å². The van der Waals surface area contributed by atoms with Crippen molar-refractivity contribution in [3.8, 4) is 0 Å². The van der Waals surface area contributed by atoms with E-state index >= 15 is 0 Å². The quantitative estimate of drug-likeness (QED) is 0.589. The van der Waals surface area contributed by atoms with Crippen LogP contribution in [0.15, 0.2) is 0 Å². The van der Waals surface area contributed by atoms with Gasteiger partial charge in [0.25, 0.3) is 0 Å². The van der Waals surface area contributed by atoms with Crippen molar-refractivity contribution in [3.63, 3.8) is 0 Å². The Kier molecular flexibility index (Phi) is 1.47. The van der Waals surface area contributed by atoms with Crippen LogP contribution in [0.1, 0.15) is 20.3 Å². The lowest BCUT2D eigenvalue weighted by molar-refractivity contribution is -0.140. The molecule has 58 valence electrons. The second-order valence-electron chi connectivity index (χ2n) is 3.40. The monoisotopic (exact) mass is 143 g/mol. The first-order valence-corrected chi connectivity index (χ1v) is 3.50. The normalized spacial score (nSPS) is 38.2. The fraction of sp³-hybridized carbons (Fsp3) is 0.857. The zero-order chi connectivity index (χ0) is 7.94. The lowest BCUT2D eigenvalue weighted by Crippen LogP contribution is -2.36. The van der Waals surface area contributed by atoms with Crippen LogP contribution in [0.4, 0.5) is 0 Å². The Morgan fingerprint density at radius 3 is 2.40 bits per heavy atom. The molecule has 0 aromatic carbocycles. The van der Waals surface area contributed by atoms with E-state index in [9.17, 15) is 4.79 Å². The summed E-state index contributed by atoms with van der Waals surface area (Å²) in [5, 5.41) is 8.61. The van der Waals surface area contributed by atoms with E-state index < -0.39 is 11.5 Å². The van der Waals surface area contributed by atoms with Gasteiger partial charge < -0.3 is 10.8 Å². The highest BCUT2D eigenvalue weighted by molar-refractivity contribution is 5.82. The van der Waals surface area contributed by atoms with Gasteiger partial charge in [0.15, 0.2) is 0 Å². The largest absolute Gasteiger partial charge is 0.480 e. The minimum Gasteiger partial charge on any atom is -0.480 e. The predicted octanol–water partition coefficient (Wildman–Crippen LogP) is 0.444. The molecule has 0 unspecified atom stereocenters. The van der Waals surface area contributed by atoms with Crippen LogP contribution < -0.4 is 5.73 Å². The highest BCUT2D eigenvalue weighted by atomic mass is 16.4. The zero-order valence-corrected chi connectivity index (χ0v) is 6.29. The van der Waals surface area contributed by atoms with Crippen molar-refractivity contribution in [1.82, 2.24) is 0 Å². The number of carbonyl (C=O) groups is 1. The smallest absolute Gasteiger partial charge is 0.323 e. The average Bonchev–Trinajstić information content (AvgIpc) is 2.43. The molecule has 3 nitrogen and oxygen atoms in total. The van der Waals surface area contributed by atoms with E-state index in [0.717, 1.165) is 0 Å². The third-order valence-corrected chi connectivity index (χ3v) is 2.26. The molecule has 1 saturated carbocycles. The average molecular weight is 143 g/mol. The number of nitrogens with two attached hydrogens (primary N) is 1. The molecule has 0 spiro atoms. The molecule has 0 amide bonds. The molecule has 0 aromatic rings. The Balaban J connectivity index is 2.56. The van der Waals surface area contributed by atoms with Crippen LogP contribution >= 0.6 is 0 Å². The summed E-state index contributed by atoms with van der Waals surface area (Å²) < 4.78 is 0. The van der Waals surface area contributed by atoms with Crippen LogP contribution in [0.25, 0.3) is 0 Å². The van der Waals surface area contributed by atoms with Crippen molar-refractivity contribution < 1.29 is 9.90 Å². The fourth-order valence-corrected chi connectivity index (χ4v) is 1.38. The number of carboxylic acids is 1. The van der Waals surface area contributed by atoms with Gasteiger partial charge in [-0.1, -0.05) is 13.8 Å².